The van der Waals surface area contributed by atoms with E-state index in [2.05, 4.69) is 56.2 Å². The van der Waals surface area contributed by atoms with E-state index in [4.69, 9.17) is 0 Å². The minimum Gasteiger partial charge on any atom is -0.355 e. The number of guanidine groups is 1. The lowest BCUT2D eigenvalue weighted by molar-refractivity contribution is -0.120. The maximum atomic E-state index is 11.7. The third kappa shape index (κ3) is 7.13. The van der Waals surface area contributed by atoms with E-state index in [1.807, 2.05) is 6.92 Å². The zero-order chi connectivity index (χ0) is 17.9. The molecule has 0 atom stereocenters. The highest BCUT2D eigenvalue weighted by molar-refractivity contribution is 5.86. The Kier molecular flexibility index (Phi) is 8.25. The molecule has 1 aromatic carbocycles. The first-order valence-electron chi connectivity index (χ1n) is 9.21. The molecule has 2 rings (SSSR count). The number of hydrogen-bond acceptors (Lipinski definition) is 3. The lowest BCUT2D eigenvalue weighted by atomic mass is 10.0. The summed E-state index contributed by atoms with van der Waals surface area (Å²) in [6.45, 7) is 6.16. The van der Waals surface area contributed by atoms with Crippen LogP contribution in [0.2, 0.25) is 0 Å². The summed E-state index contributed by atoms with van der Waals surface area (Å²) < 4.78 is 0. The molecule has 0 saturated carbocycles. The third-order valence-corrected chi connectivity index (χ3v) is 4.39. The number of carbonyl (C=O) groups is 1. The lowest BCUT2D eigenvalue weighted by Crippen LogP contribution is -2.50. The van der Waals surface area contributed by atoms with Gasteiger partial charge in [0, 0.05) is 39.3 Å². The van der Waals surface area contributed by atoms with Crippen molar-refractivity contribution in [3.8, 4) is 0 Å². The Morgan fingerprint density at radius 2 is 1.92 bits per heavy atom. The van der Waals surface area contributed by atoms with E-state index >= 15 is 0 Å². The van der Waals surface area contributed by atoms with Crippen molar-refractivity contribution >= 4 is 11.9 Å². The molecule has 1 aromatic rings. The topological polar surface area (TPSA) is 68.8 Å². The summed E-state index contributed by atoms with van der Waals surface area (Å²) in [6.07, 6.45) is 3.10. The molecule has 1 aliphatic heterocycles. The van der Waals surface area contributed by atoms with E-state index in [0.717, 1.165) is 38.9 Å². The third-order valence-electron chi connectivity index (χ3n) is 4.39. The first kappa shape index (κ1) is 19.2. The largest absolute Gasteiger partial charge is 0.355 e. The Morgan fingerprint density at radius 1 is 1.20 bits per heavy atom. The second kappa shape index (κ2) is 10.7. The van der Waals surface area contributed by atoms with Gasteiger partial charge in [0.1, 0.15) is 0 Å². The number of piperidine rings is 1. The molecule has 1 amide bonds. The molecule has 1 aliphatic rings. The second-order valence-electron chi connectivity index (χ2n) is 6.46. The summed E-state index contributed by atoms with van der Waals surface area (Å²) in [4.78, 5) is 18.4. The van der Waals surface area contributed by atoms with Gasteiger partial charge in [-0.2, -0.15) is 0 Å². The number of nitrogens with zero attached hydrogens (tertiary/aromatic N) is 2. The number of carbonyl (C=O) groups excluding carboxylic acids is 1. The second-order valence-corrected chi connectivity index (χ2v) is 6.46. The van der Waals surface area contributed by atoms with Crippen LogP contribution in [0.5, 0.6) is 0 Å². The maximum Gasteiger partial charge on any atom is 0.239 e. The number of likely N-dealkylation sites (tertiary alicyclic amines) is 1. The highest BCUT2D eigenvalue weighted by Gasteiger charge is 2.20. The minimum atomic E-state index is 0.00230. The molecule has 6 nitrogen and oxygen atoms in total. The van der Waals surface area contributed by atoms with Gasteiger partial charge in [0.2, 0.25) is 5.91 Å². The van der Waals surface area contributed by atoms with Gasteiger partial charge < -0.3 is 16.0 Å². The van der Waals surface area contributed by atoms with Crippen molar-refractivity contribution in [3.63, 3.8) is 0 Å². The van der Waals surface area contributed by atoms with Crippen molar-refractivity contribution in [2.24, 2.45) is 4.99 Å². The summed E-state index contributed by atoms with van der Waals surface area (Å²) in [5.41, 5.74) is 1.37. The SMILES string of the molecule is CCCNC(=O)CNC(=NC)NC1CCN(Cc2ccccc2)CC1. The van der Waals surface area contributed by atoms with Crippen LogP contribution in [0.3, 0.4) is 0 Å². The van der Waals surface area contributed by atoms with Crippen molar-refractivity contribution in [1.29, 1.82) is 0 Å². The first-order chi connectivity index (χ1) is 12.2. The van der Waals surface area contributed by atoms with E-state index in [-0.39, 0.29) is 12.5 Å². The average Bonchev–Trinajstić information content (AvgIpc) is 2.65. The fourth-order valence-electron chi connectivity index (χ4n) is 2.96. The van der Waals surface area contributed by atoms with Gasteiger partial charge in [-0.1, -0.05) is 37.3 Å². The highest BCUT2D eigenvalue weighted by Crippen LogP contribution is 2.13. The zero-order valence-corrected chi connectivity index (χ0v) is 15.4. The molecule has 1 saturated heterocycles. The molecule has 25 heavy (non-hydrogen) atoms. The number of aliphatic imine (C=N–C) groups is 1. The van der Waals surface area contributed by atoms with Gasteiger partial charge >= 0.3 is 0 Å². The molecule has 0 radical (unpaired) electrons. The summed E-state index contributed by atoms with van der Waals surface area (Å²) in [6, 6.07) is 11.0. The molecule has 0 unspecified atom stereocenters. The zero-order valence-electron chi connectivity index (χ0n) is 15.4. The molecule has 0 bridgehead atoms. The Bertz CT molecular complexity index is 538. The number of amides is 1. The minimum absolute atomic E-state index is 0.00230. The molecule has 138 valence electrons. The number of benzene rings is 1. The van der Waals surface area contributed by atoms with Crippen molar-refractivity contribution in [2.45, 2.75) is 38.8 Å². The lowest BCUT2D eigenvalue weighted by Gasteiger charge is -2.33. The van der Waals surface area contributed by atoms with Crippen LogP contribution in [0.15, 0.2) is 35.3 Å². The monoisotopic (exact) mass is 345 g/mol. The van der Waals surface area contributed by atoms with Crippen LogP contribution in [-0.2, 0) is 11.3 Å². The van der Waals surface area contributed by atoms with Crippen LogP contribution in [0.4, 0.5) is 0 Å². The Labute approximate surface area is 151 Å². The fraction of sp³-hybridized carbons (Fsp3) is 0.579. The number of hydrogen-bond donors (Lipinski definition) is 3. The molecular weight excluding hydrogens is 314 g/mol. The smallest absolute Gasteiger partial charge is 0.239 e. The summed E-state index contributed by atoms with van der Waals surface area (Å²) >= 11 is 0. The van der Waals surface area contributed by atoms with Crippen molar-refractivity contribution in [3.05, 3.63) is 35.9 Å². The van der Waals surface area contributed by atoms with Gasteiger partial charge in [0.05, 0.1) is 6.54 Å². The van der Waals surface area contributed by atoms with Gasteiger partial charge in [-0.05, 0) is 24.8 Å². The maximum absolute atomic E-state index is 11.7. The van der Waals surface area contributed by atoms with Crippen molar-refractivity contribution < 1.29 is 4.79 Å². The summed E-state index contributed by atoms with van der Waals surface area (Å²) in [7, 11) is 1.74. The Balaban J connectivity index is 1.68. The average molecular weight is 345 g/mol. The van der Waals surface area contributed by atoms with Crippen LogP contribution < -0.4 is 16.0 Å². The van der Waals surface area contributed by atoms with E-state index in [1.54, 1.807) is 7.05 Å². The molecule has 0 aromatic heterocycles. The van der Waals surface area contributed by atoms with Crippen LogP contribution >= 0.6 is 0 Å². The number of nitrogens with one attached hydrogen (secondary N) is 3. The molecule has 1 fully saturated rings. The molecule has 3 N–H and O–H groups in total. The van der Waals surface area contributed by atoms with Crippen LogP contribution in [0, 0.1) is 0 Å². The first-order valence-corrected chi connectivity index (χ1v) is 9.21. The highest BCUT2D eigenvalue weighted by atomic mass is 16.1. The quantitative estimate of drug-likeness (QED) is 0.515. The van der Waals surface area contributed by atoms with Crippen LogP contribution in [-0.4, -0.2) is 56.0 Å². The predicted octanol–water partition coefficient (Wildman–Crippen LogP) is 1.34. The molecular formula is C19H31N5O. The van der Waals surface area contributed by atoms with Gasteiger partial charge in [-0.15, -0.1) is 0 Å². The Morgan fingerprint density at radius 3 is 2.56 bits per heavy atom. The Hall–Kier alpha value is -2.08. The van der Waals surface area contributed by atoms with E-state index < -0.39 is 0 Å². The summed E-state index contributed by atoms with van der Waals surface area (Å²) in [5, 5.41) is 9.38. The molecule has 6 heteroatoms. The van der Waals surface area contributed by atoms with Crippen LogP contribution in [0.1, 0.15) is 31.7 Å². The summed E-state index contributed by atoms with van der Waals surface area (Å²) in [5.74, 6) is 0.704. The number of rotatable bonds is 7. The standard InChI is InChI=1S/C19H31N5O/c1-3-11-21-18(25)14-22-19(20-2)23-17-9-12-24(13-10-17)15-16-7-5-4-6-8-16/h4-8,17H,3,9-15H2,1-2H3,(H,21,25)(H2,20,22,23). The van der Waals surface area contributed by atoms with E-state index in [1.165, 1.54) is 5.56 Å². The van der Waals surface area contributed by atoms with Gasteiger partial charge in [0.25, 0.3) is 0 Å². The van der Waals surface area contributed by atoms with Gasteiger partial charge in [-0.3, -0.25) is 14.7 Å². The van der Waals surface area contributed by atoms with Gasteiger partial charge in [-0.25, -0.2) is 0 Å². The van der Waals surface area contributed by atoms with Gasteiger partial charge in [0.15, 0.2) is 5.96 Å². The molecule has 0 aliphatic carbocycles. The predicted molar refractivity (Wildman–Crippen MR) is 103 cm³/mol. The molecule has 1 heterocycles. The van der Waals surface area contributed by atoms with Crippen molar-refractivity contribution in [1.82, 2.24) is 20.9 Å². The van der Waals surface area contributed by atoms with E-state index in [0.29, 0.717) is 18.5 Å². The van der Waals surface area contributed by atoms with Crippen molar-refractivity contribution in [2.75, 3.05) is 33.2 Å². The normalized spacial score (nSPS) is 16.5. The van der Waals surface area contributed by atoms with E-state index in [9.17, 15) is 4.79 Å². The molecule has 0 spiro atoms. The fourth-order valence-corrected chi connectivity index (χ4v) is 2.96. The van der Waals surface area contributed by atoms with Crippen LogP contribution in [0.25, 0.3) is 0 Å².